The summed E-state index contributed by atoms with van der Waals surface area (Å²) in [5.41, 5.74) is 1.66. The van der Waals surface area contributed by atoms with Crippen LogP contribution in [0.1, 0.15) is 25.0 Å². The molecule has 2 fully saturated rings. The van der Waals surface area contributed by atoms with Crippen molar-refractivity contribution in [2.75, 3.05) is 38.3 Å². The van der Waals surface area contributed by atoms with Gasteiger partial charge in [-0.15, -0.1) is 0 Å². The van der Waals surface area contributed by atoms with Crippen molar-refractivity contribution in [2.45, 2.75) is 33.0 Å². The minimum Gasteiger partial charge on any atom is -0.383 e. The highest BCUT2D eigenvalue weighted by Gasteiger charge is 2.33. The number of aromatic nitrogens is 2. The zero-order valence-corrected chi connectivity index (χ0v) is 20.2. The third-order valence-electron chi connectivity index (χ3n) is 5.45. The molecule has 4 heterocycles. The van der Waals surface area contributed by atoms with Crippen molar-refractivity contribution in [2.24, 2.45) is 0 Å². The van der Waals surface area contributed by atoms with Crippen LogP contribution in [0.25, 0.3) is 11.7 Å². The number of hydrogen-bond acceptors (Lipinski definition) is 8. The first-order valence-corrected chi connectivity index (χ1v) is 11.7. The second-order valence-electron chi connectivity index (χ2n) is 8.03. The van der Waals surface area contributed by atoms with Gasteiger partial charge >= 0.3 is 0 Å². The summed E-state index contributed by atoms with van der Waals surface area (Å²) in [6.45, 7) is 7.90. The molecular formula is C22H26N4O4S2. The molecule has 170 valence electrons. The molecule has 10 heteroatoms. The van der Waals surface area contributed by atoms with Crippen LogP contribution < -0.4 is 10.5 Å². The monoisotopic (exact) mass is 474 g/mol. The van der Waals surface area contributed by atoms with Crippen LogP contribution in [0.3, 0.4) is 0 Å². The molecule has 8 nitrogen and oxygen atoms in total. The number of morpholine rings is 1. The van der Waals surface area contributed by atoms with Crippen molar-refractivity contribution in [3.05, 3.63) is 44.7 Å². The van der Waals surface area contributed by atoms with Gasteiger partial charge in [0.05, 0.1) is 35.8 Å². The van der Waals surface area contributed by atoms with E-state index in [1.165, 1.54) is 21.1 Å². The highest BCUT2D eigenvalue weighted by atomic mass is 32.2. The SMILES string of the molecule is COCCN1C(=O)/C(=C\c2c(N3C[C@H](C)O[C@@H](C)C3)nc3c(C)cccn3c2=O)SC1=S. The Kier molecular flexibility index (Phi) is 6.66. The third-order valence-corrected chi connectivity index (χ3v) is 6.83. The van der Waals surface area contributed by atoms with Crippen molar-refractivity contribution in [1.82, 2.24) is 14.3 Å². The maximum atomic E-state index is 13.6. The number of thiocarbonyl (C=S) groups is 1. The highest BCUT2D eigenvalue weighted by Crippen LogP contribution is 2.33. The lowest BCUT2D eigenvalue weighted by Crippen LogP contribution is -2.46. The lowest BCUT2D eigenvalue weighted by Gasteiger charge is -2.36. The summed E-state index contributed by atoms with van der Waals surface area (Å²) in [6, 6.07) is 3.74. The van der Waals surface area contributed by atoms with Gasteiger partial charge in [0.2, 0.25) is 0 Å². The van der Waals surface area contributed by atoms with Gasteiger partial charge in [0, 0.05) is 26.4 Å². The fraction of sp³-hybridized carbons (Fsp3) is 0.455. The van der Waals surface area contributed by atoms with E-state index in [1.54, 1.807) is 19.4 Å². The van der Waals surface area contributed by atoms with E-state index in [9.17, 15) is 9.59 Å². The van der Waals surface area contributed by atoms with Gasteiger partial charge in [-0.1, -0.05) is 30.0 Å². The van der Waals surface area contributed by atoms with Crippen LogP contribution >= 0.6 is 24.0 Å². The van der Waals surface area contributed by atoms with E-state index in [0.717, 1.165) is 5.56 Å². The summed E-state index contributed by atoms with van der Waals surface area (Å²) in [5, 5.41) is 0. The number of fused-ring (bicyclic) bond motifs is 1. The summed E-state index contributed by atoms with van der Waals surface area (Å²) >= 11 is 6.58. The van der Waals surface area contributed by atoms with Gasteiger partial charge in [0.1, 0.15) is 15.8 Å². The van der Waals surface area contributed by atoms with Crippen molar-refractivity contribution in [1.29, 1.82) is 0 Å². The predicted octanol–water partition coefficient (Wildman–Crippen LogP) is 2.46. The Morgan fingerprint density at radius 1 is 1.31 bits per heavy atom. The fourth-order valence-corrected chi connectivity index (χ4v) is 5.32. The molecule has 0 N–H and O–H groups in total. The Morgan fingerprint density at radius 2 is 2.03 bits per heavy atom. The van der Waals surface area contributed by atoms with Crippen molar-refractivity contribution in [3.63, 3.8) is 0 Å². The van der Waals surface area contributed by atoms with Gasteiger partial charge in [0.25, 0.3) is 11.5 Å². The van der Waals surface area contributed by atoms with Crippen molar-refractivity contribution in [3.8, 4) is 0 Å². The molecule has 0 radical (unpaired) electrons. The largest absolute Gasteiger partial charge is 0.383 e. The minimum absolute atomic E-state index is 0.00373. The first-order valence-electron chi connectivity index (χ1n) is 10.5. The van der Waals surface area contributed by atoms with E-state index in [0.29, 0.717) is 52.5 Å². The Hall–Kier alpha value is -2.27. The first-order chi connectivity index (χ1) is 15.3. The lowest BCUT2D eigenvalue weighted by atomic mass is 10.1. The first kappa shape index (κ1) is 22.9. The van der Waals surface area contributed by atoms with E-state index in [-0.39, 0.29) is 23.7 Å². The number of carbonyl (C=O) groups is 1. The van der Waals surface area contributed by atoms with Crippen molar-refractivity contribution >= 4 is 51.7 Å². The molecule has 0 saturated carbocycles. The molecule has 1 amide bonds. The maximum Gasteiger partial charge on any atom is 0.267 e. The average Bonchev–Trinajstić information content (AvgIpc) is 3.00. The van der Waals surface area contributed by atoms with Crippen molar-refractivity contribution < 1.29 is 14.3 Å². The van der Waals surface area contributed by atoms with Gasteiger partial charge in [-0.2, -0.15) is 0 Å². The Labute approximate surface area is 196 Å². The average molecular weight is 475 g/mol. The summed E-state index contributed by atoms with van der Waals surface area (Å²) in [4.78, 5) is 35.4. The molecule has 0 unspecified atom stereocenters. The molecule has 2 saturated heterocycles. The van der Waals surface area contributed by atoms with Crippen LogP contribution in [-0.2, 0) is 14.3 Å². The number of anilines is 1. The molecule has 2 aromatic heterocycles. The van der Waals surface area contributed by atoms with E-state index in [2.05, 4.69) is 4.90 Å². The van der Waals surface area contributed by atoms with Crippen LogP contribution in [-0.4, -0.2) is 70.1 Å². The summed E-state index contributed by atoms with van der Waals surface area (Å²) < 4.78 is 12.9. The van der Waals surface area contributed by atoms with E-state index >= 15 is 0 Å². The Balaban J connectivity index is 1.85. The number of hydrogen-bond donors (Lipinski definition) is 0. The van der Waals surface area contributed by atoms with E-state index in [4.69, 9.17) is 26.7 Å². The predicted molar refractivity (Wildman–Crippen MR) is 130 cm³/mol. The molecule has 0 spiro atoms. The Morgan fingerprint density at radius 3 is 2.72 bits per heavy atom. The van der Waals surface area contributed by atoms with Gasteiger partial charge < -0.3 is 14.4 Å². The zero-order valence-electron chi connectivity index (χ0n) is 18.5. The van der Waals surface area contributed by atoms with Gasteiger partial charge in [-0.3, -0.25) is 18.9 Å². The fourth-order valence-electron chi connectivity index (χ4n) is 4.03. The molecule has 0 bridgehead atoms. The van der Waals surface area contributed by atoms with Crippen LogP contribution in [0.15, 0.2) is 28.0 Å². The van der Waals surface area contributed by atoms with E-state index < -0.39 is 0 Å². The molecule has 2 aliphatic heterocycles. The molecule has 2 aliphatic rings. The quantitative estimate of drug-likeness (QED) is 0.483. The summed E-state index contributed by atoms with van der Waals surface area (Å²) in [7, 11) is 1.58. The molecule has 4 rings (SSSR count). The van der Waals surface area contributed by atoms with Gasteiger partial charge in [-0.05, 0) is 38.5 Å². The van der Waals surface area contributed by atoms with Crippen LogP contribution in [0.2, 0.25) is 0 Å². The number of nitrogens with zero attached hydrogens (tertiary/aromatic N) is 4. The van der Waals surface area contributed by atoms with Crippen LogP contribution in [0.5, 0.6) is 0 Å². The maximum absolute atomic E-state index is 13.6. The number of thioether (sulfide) groups is 1. The molecule has 0 aromatic carbocycles. The number of methoxy groups -OCH3 is 1. The number of rotatable bonds is 5. The summed E-state index contributed by atoms with van der Waals surface area (Å²) in [6.07, 6.45) is 3.33. The minimum atomic E-state index is -0.222. The standard InChI is InChI=1S/C22H26N4O4S2/c1-13-6-5-7-25-18(13)23-19(24-11-14(2)30-15(3)12-24)16(20(25)27)10-17-21(28)26(8-9-29-4)22(31)32-17/h5-7,10,14-15H,8-9,11-12H2,1-4H3/b17-10+/t14-,15-/m0/s1. The normalized spacial score (nSPS) is 23.1. The molecule has 2 atom stereocenters. The second-order valence-corrected chi connectivity index (χ2v) is 9.70. The van der Waals surface area contributed by atoms with Gasteiger partial charge in [0.15, 0.2) is 0 Å². The molecule has 0 aliphatic carbocycles. The van der Waals surface area contributed by atoms with Crippen LogP contribution in [0.4, 0.5) is 5.82 Å². The number of carbonyl (C=O) groups excluding carboxylic acids is 1. The number of amides is 1. The van der Waals surface area contributed by atoms with Gasteiger partial charge in [-0.25, -0.2) is 4.98 Å². The zero-order chi connectivity index (χ0) is 23.0. The summed E-state index contributed by atoms with van der Waals surface area (Å²) in [5.74, 6) is 0.342. The van der Waals surface area contributed by atoms with Crippen LogP contribution in [0, 0.1) is 6.92 Å². The lowest BCUT2D eigenvalue weighted by molar-refractivity contribution is -0.122. The topological polar surface area (TPSA) is 76.4 Å². The molecule has 2 aromatic rings. The molecule has 32 heavy (non-hydrogen) atoms. The number of aryl methyl sites for hydroxylation is 1. The third kappa shape index (κ3) is 4.32. The number of ether oxygens (including phenoxy) is 2. The second kappa shape index (κ2) is 9.30. The number of pyridine rings is 1. The highest BCUT2D eigenvalue weighted by molar-refractivity contribution is 8.26. The Bertz CT molecular complexity index is 1150. The smallest absolute Gasteiger partial charge is 0.267 e. The van der Waals surface area contributed by atoms with E-state index in [1.807, 2.05) is 32.9 Å². The molecular weight excluding hydrogens is 448 g/mol.